The number of nitrogens with zero attached hydrogens (tertiary/aromatic N) is 2. The van der Waals surface area contributed by atoms with Crippen LogP contribution in [0.4, 0.5) is 0 Å². The maximum atomic E-state index is 12.8. The summed E-state index contributed by atoms with van der Waals surface area (Å²) in [6.45, 7) is 0. The van der Waals surface area contributed by atoms with Gasteiger partial charge in [-0.3, -0.25) is 14.7 Å². The molecular weight excluding hydrogens is 314 g/mol. The second-order valence-corrected chi connectivity index (χ2v) is 5.80. The molecule has 4 rings (SSSR count). The Morgan fingerprint density at radius 2 is 1.57 bits per heavy atom. The van der Waals surface area contributed by atoms with E-state index >= 15 is 0 Å². The molecule has 6 heteroatoms. The SMILES string of the molecule is Cn1c(=O)c2ccccc2c2[nH]n(-c3ccc(Cl)cc3)c(=O)c21. The summed E-state index contributed by atoms with van der Waals surface area (Å²) in [5, 5.41) is 5.01. The molecule has 23 heavy (non-hydrogen) atoms. The maximum absolute atomic E-state index is 12.8. The molecule has 114 valence electrons. The lowest BCUT2D eigenvalue weighted by Gasteiger charge is -2.02. The van der Waals surface area contributed by atoms with Crippen molar-refractivity contribution in [3.8, 4) is 5.69 Å². The number of aromatic amines is 1. The van der Waals surface area contributed by atoms with Gasteiger partial charge in [0.2, 0.25) is 0 Å². The molecule has 0 saturated carbocycles. The number of hydrogen-bond acceptors (Lipinski definition) is 2. The van der Waals surface area contributed by atoms with Gasteiger partial charge < -0.3 is 4.57 Å². The molecule has 0 saturated heterocycles. The summed E-state index contributed by atoms with van der Waals surface area (Å²) in [7, 11) is 1.61. The third-order valence-electron chi connectivity index (χ3n) is 4.02. The zero-order valence-corrected chi connectivity index (χ0v) is 13.0. The summed E-state index contributed by atoms with van der Waals surface area (Å²) in [6, 6.07) is 14.2. The second kappa shape index (κ2) is 4.86. The summed E-state index contributed by atoms with van der Waals surface area (Å²) in [5.74, 6) is 0. The second-order valence-electron chi connectivity index (χ2n) is 5.36. The topological polar surface area (TPSA) is 59.8 Å². The molecule has 2 heterocycles. The van der Waals surface area contributed by atoms with E-state index in [1.807, 2.05) is 18.2 Å². The smallest absolute Gasteiger partial charge is 0.295 e. The van der Waals surface area contributed by atoms with Gasteiger partial charge >= 0.3 is 0 Å². The number of H-pyrrole nitrogens is 1. The molecule has 0 radical (unpaired) electrons. The minimum absolute atomic E-state index is 0.188. The van der Waals surface area contributed by atoms with Crippen molar-refractivity contribution < 1.29 is 0 Å². The Balaban J connectivity index is 2.18. The van der Waals surface area contributed by atoms with Gasteiger partial charge in [0.1, 0.15) is 5.52 Å². The lowest BCUT2D eigenvalue weighted by molar-refractivity contribution is 0.856. The Morgan fingerprint density at radius 1 is 0.913 bits per heavy atom. The van der Waals surface area contributed by atoms with Crippen LogP contribution in [0.3, 0.4) is 0 Å². The predicted molar refractivity (Wildman–Crippen MR) is 91.7 cm³/mol. The highest BCUT2D eigenvalue weighted by Crippen LogP contribution is 2.20. The van der Waals surface area contributed by atoms with Crippen LogP contribution in [-0.4, -0.2) is 14.3 Å². The van der Waals surface area contributed by atoms with E-state index in [-0.39, 0.29) is 11.1 Å². The van der Waals surface area contributed by atoms with Gasteiger partial charge in [-0.25, -0.2) is 4.68 Å². The van der Waals surface area contributed by atoms with Gasteiger partial charge in [-0.15, -0.1) is 0 Å². The van der Waals surface area contributed by atoms with Gasteiger partial charge in [-0.1, -0.05) is 29.8 Å². The van der Waals surface area contributed by atoms with Crippen LogP contribution in [0.2, 0.25) is 5.02 Å². The number of nitrogens with one attached hydrogen (secondary N) is 1. The highest BCUT2D eigenvalue weighted by Gasteiger charge is 2.16. The van der Waals surface area contributed by atoms with Crippen molar-refractivity contribution in [1.82, 2.24) is 14.3 Å². The predicted octanol–water partition coefficient (Wildman–Crippen LogP) is 2.82. The number of benzene rings is 2. The van der Waals surface area contributed by atoms with E-state index in [1.54, 1.807) is 37.4 Å². The van der Waals surface area contributed by atoms with Crippen molar-refractivity contribution in [2.75, 3.05) is 0 Å². The van der Waals surface area contributed by atoms with E-state index in [1.165, 1.54) is 9.25 Å². The molecule has 4 aromatic rings. The molecule has 0 amide bonds. The zero-order chi connectivity index (χ0) is 16.1. The fraction of sp³-hybridized carbons (Fsp3) is 0.0588. The first-order valence-electron chi connectivity index (χ1n) is 7.06. The monoisotopic (exact) mass is 325 g/mol. The van der Waals surface area contributed by atoms with E-state index in [9.17, 15) is 9.59 Å². The third kappa shape index (κ3) is 1.94. The van der Waals surface area contributed by atoms with E-state index in [0.29, 0.717) is 27.1 Å². The Morgan fingerprint density at radius 3 is 2.26 bits per heavy atom. The van der Waals surface area contributed by atoms with Crippen LogP contribution < -0.4 is 11.1 Å². The van der Waals surface area contributed by atoms with Crippen LogP contribution in [0.25, 0.3) is 27.5 Å². The molecule has 2 aromatic heterocycles. The summed E-state index contributed by atoms with van der Waals surface area (Å²) >= 11 is 5.90. The van der Waals surface area contributed by atoms with Crippen LogP contribution in [0.15, 0.2) is 58.1 Å². The van der Waals surface area contributed by atoms with Gasteiger partial charge in [0.05, 0.1) is 11.2 Å². The van der Waals surface area contributed by atoms with Crippen LogP contribution in [0.5, 0.6) is 0 Å². The lowest BCUT2D eigenvalue weighted by atomic mass is 10.1. The van der Waals surface area contributed by atoms with E-state index in [0.717, 1.165) is 5.39 Å². The summed E-state index contributed by atoms with van der Waals surface area (Å²) in [6.07, 6.45) is 0. The first kappa shape index (κ1) is 13.8. The molecule has 2 aromatic carbocycles. The molecule has 0 atom stereocenters. The van der Waals surface area contributed by atoms with Gasteiger partial charge in [0, 0.05) is 22.8 Å². The van der Waals surface area contributed by atoms with E-state index in [2.05, 4.69) is 5.10 Å². The minimum Gasteiger partial charge on any atom is -0.305 e. The zero-order valence-electron chi connectivity index (χ0n) is 12.2. The molecule has 5 nitrogen and oxygen atoms in total. The average molecular weight is 326 g/mol. The van der Waals surface area contributed by atoms with Crippen molar-refractivity contribution in [2.24, 2.45) is 7.05 Å². The van der Waals surface area contributed by atoms with Gasteiger partial charge in [0.15, 0.2) is 0 Å². The number of rotatable bonds is 1. The first-order valence-corrected chi connectivity index (χ1v) is 7.44. The number of fused-ring (bicyclic) bond motifs is 3. The molecular formula is C17H12ClN3O2. The normalized spacial score (nSPS) is 11.4. The maximum Gasteiger partial charge on any atom is 0.295 e. The first-order chi connectivity index (χ1) is 11.1. The van der Waals surface area contributed by atoms with E-state index < -0.39 is 0 Å². The number of pyridine rings is 1. The van der Waals surface area contributed by atoms with Crippen molar-refractivity contribution in [1.29, 1.82) is 0 Å². The Bertz CT molecular complexity index is 1170. The molecule has 0 aliphatic heterocycles. The minimum atomic E-state index is -0.271. The summed E-state index contributed by atoms with van der Waals surface area (Å²) < 4.78 is 2.82. The fourth-order valence-corrected chi connectivity index (χ4v) is 3.00. The molecule has 0 aliphatic rings. The van der Waals surface area contributed by atoms with Crippen LogP contribution in [-0.2, 0) is 7.05 Å². The van der Waals surface area contributed by atoms with Crippen LogP contribution in [0, 0.1) is 0 Å². The molecule has 0 spiro atoms. The highest BCUT2D eigenvalue weighted by molar-refractivity contribution is 6.30. The van der Waals surface area contributed by atoms with Gasteiger partial charge in [0.25, 0.3) is 11.1 Å². The van der Waals surface area contributed by atoms with Crippen LogP contribution in [0.1, 0.15) is 0 Å². The number of aromatic nitrogens is 3. The quantitative estimate of drug-likeness (QED) is 0.585. The standard InChI is InChI=1S/C17H12ClN3O2/c1-20-15-14(12-4-2-3-5-13(12)16(20)22)19-21(17(15)23)11-8-6-10(18)7-9-11/h2-9,19H,1H3. The average Bonchev–Trinajstić information content (AvgIpc) is 2.91. The third-order valence-corrected chi connectivity index (χ3v) is 4.27. The van der Waals surface area contributed by atoms with Crippen molar-refractivity contribution in [3.05, 3.63) is 74.3 Å². The number of aryl methyl sites for hydroxylation is 1. The molecule has 1 N–H and O–H groups in total. The number of halogens is 1. The summed E-state index contributed by atoms with van der Waals surface area (Å²) in [4.78, 5) is 25.2. The Kier molecular flexibility index (Phi) is 2.92. The Labute approximate surface area is 135 Å². The molecule has 0 unspecified atom stereocenters. The molecule has 0 aliphatic carbocycles. The van der Waals surface area contributed by atoms with Crippen LogP contribution >= 0.6 is 11.6 Å². The fourth-order valence-electron chi connectivity index (χ4n) is 2.87. The Hall–Kier alpha value is -2.79. The molecule has 0 fully saturated rings. The van der Waals surface area contributed by atoms with Crippen molar-refractivity contribution >= 4 is 33.4 Å². The van der Waals surface area contributed by atoms with Crippen molar-refractivity contribution in [2.45, 2.75) is 0 Å². The highest BCUT2D eigenvalue weighted by atomic mass is 35.5. The van der Waals surface area contributed by atoms with E-state index in [4.69, 9.17) is 11.6 Å². The number of hydrogen-bond donors (Lipinski definition) is 1. The largest absolute Gasteiger partial charge is 0.305 e. The summed E-state index contributed by atoms with van der Waals surface area (Å²) in [5.41, 5.74) is 1.19. The molecule has 0 bridgehead atoms. The van der Waals surface area contributed by atoms with Gasteiger partial charge in [-0.05, 0) is 30.3 Å². The van der Waals surface area contributed by atoms with Gasteiger partial charge in [-0.2, -0.15) is 0 Å². The lowest BCUT2D eigenvalue weighted by Crippen LogP contribution is -2.22. The van der Waals surface area contributed by atoms with Crippen molar-refractivity contribution in [3.63, 3.8) is 0 Å².